The number of nitrogens with zero attached hydrogens (tertiary/aromatic N) is 1. The lowest BCUT2D eigenvalue weighted by Gasteiger charge is -2.20. The number of aliphatic carboxylic acids is 1. The Hall–Kier alpha value is -3.22. The van der Waals surface area contributed by atoms with Gasteiger partial charge >= 0.3 is 5.97 Å². The Balaban J connectivity index is 2.37. The molecule has 2 atom stereocenters. The van der Waals surface area contributed by atoms with Crippen LogP contribution >= 0.6 is 0 Å². The number of hydrogen-bond acceptors (Lipinski definition) is 3. The molecule has 29 heavy (non-hydrogen) atoms. The highest BCUT2D eigenvalue weighted by Crippen LogP contribution is 2.39. The van der Waals surface area contributed by atoms with Crippen LogP contribution in [0.5, 0.6) is 5.75 Å². The summed E-state index contributed by atoms with van der Waals surface area (Å²) in [6, 6.07) is 7.21. The first-order chi connectivity index (χ1) is 13.7. The Morgan fingerprint density at radius 1 is 1.17 bits per heavy atom. The smallest absolute Gasteiger partial charge is 0.311 e. The van der Waals surface area contributed by atoms with Crippen molar-refractivity contribution in [2.24, 2.45) is 5.92 Å². The molecular formula is C22H21F2NO4. The first kappa shape index (κ1) is 20.5. The van der Waals surface area contributed by atoms with Crippen LogP contribution in [0.1, 0.15) is 47.8 Å². The average Bonchev–Trinajstić information content (AvgIpc) is 2.93. The van der Waals surface area contributed by atoms with Gasteiger partial charge in [-0.15, -0.1) is 0 Å². The lowest BCUT2D eigenvalue weighted by Crippen LogP contribution is -2.21. The monoisotopic (exact) mass is 401 g/mol. The number of carbonyl (C=O) groups excluding carboxylic acids is 1. The van der Waals surface area contributed by atoms with Gasteiger partial charge in [0.2, 0.25) is 0 Å². The van der Waals surface area contributed by atoms with Gasteiger partial charge in [0.25, 0.3) is 5.91 Å². The third-order valence-corrected chi connectivity index (χ3v) is 5.39. The van der Waals surface area contributed by atoms with Crippen molar-refractivity contribution in [3.63, 3.8) is 0 Å². The van der Waals surface area contributed by atoms with Gasteiger partial charge in [-0.2, -0.15) is 0 Å². The summed E-state index contributed by atoms with van der Waals surface area (Å²) >= 11 is 0. The predicted octanol–water partition coefficient (Wildman–Crippen LogP) is 4.84. The molecule has 152 valence electrons. The zero-order chi connectivity index (χ0) is 21.5. The van der Waals surface area contributed by atoms with Crippen molar-refractivity contribution in [2.75, 3.05) is 0 Å². The van der Waals surface area contributed by atoms with Gasteiger partial charge < -0.3 is 10.2 Å². The van der Waals surface area contributed by atoms with Gasteiger partial charge in [-0.1, -0.05) is 26.3 Å². The molecule has 0 aliphatic carbocycles. The van der Waals surface area contributed by atoms with Gasteiger partial charge in [0.1, 0.15) is 5.82 Å². The van der Waals surface area contributed by atoms with Crippen molar-refractivity contribution < 1.29 is 28.6 Å². The number of aromatic nitrogens is 1. The maximum Gasteiger partial charge on any atom is 0.311 e. The second-order valence-corrected chi connectivity index (χ2v) is 7.17. The van der Waals surface area contributed by atoms with Crippen LogP contribution in [0.2, 0.25) is 0 Å². The lowest BCUT2D eigenvalue weighted by molar-refractivity contribution is -0.140. The number of benzene rings is 2. The lowest BCUT2D eigenvalue weighted by atomic mass is 9.84. The number of aromatic hydroxyl groups is 1. The van der Waals surface area contributed by atoms with Gasteiger partial charge in [0.15, 0.2) is 11.6 Å². The second kappa shape index (κ2) is 7.66. The molecule has 0 aliphatic rings. The molecule has 0 aliphatic heterocycles. The number of phenolic OH excluding ortho intramolecular Hbond substituents is 1. The maximum atomic E-state index is 14.1. The minimum Gasteiger partial charge on any atom is -0.505 e. The highest BCUT2D eigenvalue weighted by atomic mass is 19.1. The summed E-state index contributed by atoms with van der Waals surface area (Å²) < 4.78 is 28.9. The maximum absolute atomic E-state index is 14.1. The van der Waals surface area contributed by atoms with Crippen LogP contribution in [0.15, 0.2) is 36.4 Å². The SMILES string of the molecule is CC[C@H](C)C(C(=O)O)c1c(C)n(C(=O)c2cccc(F)c2)c2cc(F)c(O)cc12. The molecule has 0 bridgehead atoms. The summed E-state index contributed by atoms with van der Waals surface area (Å²) in [4.78, 5) is 25.2. The number of carboxylic acids is 1. The van der Waals surface area contributed by atoms with Gasteiger partial charge in [-0.05, 0) is 42.7 Å². The number of rotatable bonds is 5. The third kappa shape index (κ3) is 3.48. The molecule has 0 fully saturated rings. The molecule has 0 spiro atoms. The van der Waals surface area contributed by atoms with E-state index in [4.69, 9.17) is 0 Å². The summed E-state index contributed by atoms with van der Waals surface area (Å²) in [5.41, 5.74) is 0.811. The van der Waals surface area contributed by atoms with E-state index in [2.05, 4.69) is 0 Å². The molecule has 0 amide bonds. The highest BCUT2D eigenvalue weighted by Gasteiger charge is 2.33. The van der Waals surface area contributed by atoms with E-state index >= 15 is 0 Å². The summed E-state index contributed by atoms with van der Waals surface area (Å²) in [5.74, 6) is -5.11. The fourth-order valence-corrected chi connectivity index (χ4v) is 3.74. The molecular weight excluding hydrogens is 380 g/mol. The molecule has 2 N–H and O–H groups in total. The average molecular weight is 401 g/mol. The van der Waals surface area contributed by atoms with Crippen LogP contribution in [-0.2, 0) is 4.79 Å². The van der Waals surface area contributed by atoms with E-state index in [0.29, 0.717) is 17.7 Å². The summed E-state index contributed by atoms with van der Waals surface area (Å²) in [7, 11) is 0. The molecule has 3 rings (SSSR count). The normalized spacial score (nSPS) is 13.4. The number of phenols is 1. The summed E-state index contributed by atoms with van der Waals surface area (Å²) in [6.45, 7) is 5.20. The quantitative estimate of drug-likeness (QED) is 0.641. The minimum atomic E-state index is -1.08. The number of carbonyl (C=O) groups is 2. The molecule has 0 saturated heterocycles. The largest absolute Gasteiger partial charge is 0.505 e. The van der Waals surface area contributed by atoms with Crippen LogP contribution in [0.25, 0.3) is 10.9 Å². The number of fused-ring (bicyclic) bond motifs is 1. The Bertz CT molecular complexity index is 1120. The molecule has 3 aromatic rings. The fraction of sp³-hybridized carbons (Fsp3) is 0.273. The van der Waals surface area contributed by atoms with E-state index in [1.54, 1.807) is 13.8 Å². The topological polar surface area (TPSA) is 79.5 Å². The Morgan fingerprint density at radius 2 is 1.86 bits per heavy atom. The van der Waals surface area contributed by atoms with Gasteiger partial charge in [-0.25, -0.2) is 8.78 Å². The van der Waals surface area contributed by atoms with Crippen molar-refractivity contribution in [1.82, 2.24) is 4.57 Å². The molecule has 2 aromatic carbocycles. The zero-order valence-electron chi connectivity index (χ0n) is 16.2. The Morgan fingerprint density at radius 3 is 2.45 bits per heavy atom. The molecule has 1 unspecified atom stereocenters. The number of hydrogen-bond donors (Lipinski definition) is 2. The van der Waals surface area contributed by atoms with E-state index < -0.39 is 35.2 Å². The van der Waals surface area contributed by atoms with Crippen LogP contribution in [0.3, 0.4) is 0 Å². The first-order valence-electron chi connectivity index (χ1n) is 9.23. The number of carboxylic acid groups (broad SMARTS) is 1. The van der Waals surface area contributed by atoms with Gasteiger partial charge in [-0.3, -0.25) is 14.2 Å². The molecule has 0 radical (unpaired) electrons. The molecule has 1 aromatic heterocycles. The van der Waals surface area contributed by atoms with Crippen LogP contribution in [0, 0.1) is 24.5 Å². The van der Waals surface area contributed by atoms with E-state index in [0.717, 1.165) is 18.2 Å². The Labute approximate surface area is 166 Å². The van der Waals surface area contributed by atoms with Crippen LogP contribution in [0.4, 0.5) is 8.78 Å². The molecule has 1 heterocycles. The van der Waals surface area contributed by atoms with E-state index in [9.17, 15) is 28.6 Å². The van der Waals surface area contributed by atoms with Crippen LogP contribution in [-0.4, -0.2) is 26.7 Å². The van der Waals surface area contributed by atoms with Gasteiger partial charge in [0.05, 0.1) is 11.4 Å². The standard InChI is InChI=1S/C22H21F2NO4/c1-4-11(2)19(22(28)29)20-12(3)25(17-10-16(24)18(26)9-15(17)20)21(27)13-6-5-7-14(23)8-13/h5-11,19,26H,4H2,1-3H3,(H,28,29)/t11-,19?/m0/s1. The van der Waals surface area contributed by atoms with E-state index in [1.807, 2.05) is 6.92 Å². The van der Waals surface area contributed by atoms with Crippen molar-refractivity contribution in [3.8, 4) is 5.75 Å². The third-order valence-electron chi connectivity index (χ3n) is 5.39. The van der Waals surface area contributed by atoms with Crippen molar-refractivity contribution in [2.45, 2.75) is 33.1 Å². The number of halogens is 2. The fourth-order valence-electron chi connectivity index (χ4n) is 3.74. The summed E-state index contributed by atoms with van der Waals surface area (Å²) in [6.07, 6.45) is 0.564. The Kier molecular flexibility index (Phi) is 5.42. The van der Waals surface area contributed by atoms with Gasteiger partial charge in [0, 0.05) is 22.7 Å². The first-order valence-corrected chi connectivity index (χ1v) is 9.23. The van der Waals surface area contributed by atoms with Crippen molar-refractivity contribution >= 4 is 22.8 Å². The highest BCUT2D eigenvalue weighted by molar-refractivity contribution is 6.05. The molecule has 7 heteroatoms. The molecule has 0 saturated carbocycles. The van der Waals surface area contributed by atoms with E-state index in [1.165, 1.54) is 22.8 Å². The van der Waals surface area contributed by atoms with Crippen molar-refractivity contribution in [3.05, 3.63) is 64.9 Å². The van der Waals surface area contributed by atoms with Crippen LogP contribution < -0.4 is 0 Å². The zero-order valence-corrected chi connectivity index (χ0v) is 16.2. The predicted molar refractivity (Wildman–Crippen MR) is 104 cm³/mol. The van der Waals surface area contributed by atoms with E-state index in [-0.39, 0.29) is 22.4 Å². The second-order valence-electron chi connectivity index (χ2n) is 7.17. The summed E-state index contributed by atoms with van der Waals surface area (Å²) in [5, 5.41) is 20.0. The minimum absolute atomic E-state index is 0.0421. The van der Waals surface area contributed by atoms with Crippen molar-refractivity contribution in [1.29, 1.82) is 0 Å². The molecule has 5 nitrogen and oxygen atoms in total.